The van der Waals surface area contributed by atoms with Crippen LogP contribution in [-0.4, -0.2) is 16.7 Å². The zero-order chi connectivity index (χ0) is 16.0. The van der Waals surface area contributed by atoms with Gasteiger partial charge in [-0.1, -0.05) is 23.7 Å². The summed E-state index contributed by atoms with van der Waals surface area (Å²) < 4.78 is 0. The fourth-order valence-electron chi connectivity index (χ4n) is 2.45. The lowest BCUT2D eigenvalue weighted by Crippen LogP contribution is -2.30. The van der Waals surface area contributed by atoms with Crippen molar-refractivity contribution in [1.82, 2.24) is 0 Å². The smallest absolute Gasteiger partial charge is 0.268 e. The average Bonchev–Trinajstić information content (AvgIpc) is 2.74. The molecule has 0 spiro atoms. The van der Waals surface area contributed by atoms with Crippen molar-refractivity contribution in [2.75, 3.05) is 4.90 Å². The Balaban J connectivity index is 2.15. The minimum Gasteiger partial charge on any atom is -0.268 e. The Labute approximate surface area is 130 Å². The van der Waals surface area contributed by atoms with E-state index in [1.54, 1.807) is 24.3 Å². The van der Waals surface area contributed by atoms with Gasteiger partial charge in [0.15, 0.2) is 0 Å². The lowest BCUT2D eigenvalue weighted by atomic mass is 10.1. The van der Waals surface area contributed by atoms with Gasteiger partial charge in [0.1, 0.15) is 5.02 Å². The largest absolute Gasteiger partial charge is 0.288 e. The molecule has 1 aliphatic rings. The number of nitro groups is 1. The van der Waals surface area contributed by atoms with Gasteiger partial charge in [-0.05, 0) is 30.7 Å². The molecule has 7 heteroatoms. The Hall–Kier alpha value is -2.73. The van der Waals surface area contributed by atoms with E-state index in [2.05, 4.69) is 0 Å². The van der Waals surface area contributed by atoms with Gasteiger partial charge >= 0.3 is 0 Å². The van der Waals surface area contributed by atoms with E-state index in [4.69, 9.17) is 11.6 Å². The summed E-state index contributed by atoms with van der Waals surface area (Å²) in [5.74, 6) is -0.928. The number of imide groups is 1. The lowest BCUT2D eigenvalue weighted by Gasteiger charge is -2.17. The summed E-state index contributed by atoms with van der Waals surface area (Å²) in [7, 11) is 0. The Morgan fingerprint density at radius 2 is 1.59 bits per heavy atom. The zero-order valence-electron chi connectivity index (χ0n) is 11.4. The molecule has 0 radical (unpaired) electrons. The Kier molecular flexibility index (Phi) is 3.18. The second kappa shape index (κ2) is 4.92. The molecule has 0 aliphatic carbocycles. The number of amides is 2. The summed E-state index contributed by atoms with van der Waals surface area (Å²) in [6.45, 7) is 1.54. The normalized spacial score (nSPS) is 13.5. The lowest BCUT2D eigenvalue weighted by molar-refractivity contribution is -0.384. The second-order valence-electron chi connectivity index (χ2n) is 4.79. The molecule has 1 aliphatic heterocycles. The Morgan fingerprint density at radius 1 is 1.05 bits per heavy atom. The molecule has 0 unspecified atom stereocenters. The number of carbonyl (C=O) groups excluding carboxylic acids is 2. The number of carbonyl (C=O) groups is 2. The molecule has 0 aromatic heterocycles. The van der Waals surface area contributed by atoms with Gasteiger partial charge in [-0.15, -0.1) is 0 Å². The fourth-order valence-corrected chi connectivity index (χ4v) is 2.68. The van der Waals surface area contributed by atoms with Crippen LogP contribution < -0.4 is 4.90 Å². The number of hydrogen-bond acceptors (Lipinski definition) is 4. The molecule has 2 aromatic carbocycles. The van der Waals surface area contributed by atoms with Crippen molar-refractivity contribution in [2.24, 2.45) is 0 Å². The third-order valence-electron chi connectivity index (χ3n) is 3.57. The number of nitrogens with zero attached hydrogens (tertiary/aromatic N) is 2. The number of halogens is 1. The maximum absolute atomic E-state index is 12.4. The summed E-state index contributed by atoms with van der Waals surface area (Å²) in [6.07, 6.45) is 0. The molecule has 110 valence electrons. The molecular weight excluding hydrogens is 308 g/mol. The number of anilines is 1. The predicted octanol–water partition coefficient (Wildman–Crippen LogP) is 3.36. The molecule has 0 saturated carbocycles. The van der Waals surface area contributed by atoms with E-state index < -0.39 is 16.7 Å². The highest BCUT2D eigenvalue weighted by molar-refractivity contribution is 6.37. The molecule has 0 bridgehead atoms. The van der Waals surface area contributed by atoms with E-state index in [1.165, 1.54) is 19.1 Å². The first-order valence-electron chi connectivity index (χ1n) is 6.34. The number of benzene rings is 2. The van der Waals surface area contributed by atoms with Crippen molar-refractivity contribution in [2.45, 2.75) is 6.92 Å². The van der Waals surface area contributed by atoms with Crippen molar-refractivity contribution in [3.8, 4) is 0 Å². The molecule has 2 amide bonds. The van der Waals surface area contributed by atoms with Gasteiger partial charge in [-0.3, -0.25) is 19.7 Å². The van der Waals surface area contributed by atoms with Gasteiger partial charge in [-0.25, -0.2) is 4.90 Å². The first-order valence-corrected chi connectivity index (χ1v) is 6.72. The van der Waals surface area contributed by atoms with Gasteiger partial charge in [0.05, 0.1) is 21.7 Å². The highest BCUT2D eigenvalue weighted by atomic mass is 35.5. The van der Waals surface area contributed by atoms with E-state index >= 15 is 0 Å². The SMILES string of the molecule is Cc1c(N2C(=O)c3ccccc3C2=O)ccc([N+](=O)[O-])c1Cl. The number of hydrogen-bond donors (Lipinski definition) is 0. The molecule has 3 rings (SSSR count). The second-order valence-corrected chi connectivity index (χ2v) is 5.17. The van der Waals surface area contributed by atoms with E-state index in [1.807, 2.05) is 0 Å². The summed E-state index contributed by atoms with van der Waals surface area (Å²) in [5, 5.41) is 10.8. The van der Waals surface area contributed by atoms with Crippen LogP contribution in [0.1, 0.15) is 26.3 Å². The topological polar surface area (TPSA) is 80.5 Å². The van der Waals surface area contributed by atoms with Crippen molar-refractivity contribution in [3.05, 3.63) is 68.2 Å². The third kappa shape index (κ3) is 1.88. The van der Waals surface area contributed by atoms with E-state index in [0.29, 0.717) is 16.7 Å². The monoisotopic (exact) mass is 316 g/mol. The van der Waals surface area contributed by atoms with Crippen LogP contribution in [0.3, 0.4) is 0 Å². The summed E-state index contributed by atoms with van der Waals surface area (Å²) in [5.41, 5.74) is 0.912. The van der Waals surface area contributed by atoms with E-state index in [-0.39, 0.29) is 16.4 Å². The van der Waals surface area contributed by atoms with Gasteiger partial charge in [0.25, 0.3) is 17.5 Å². The molecule has 2 aromatic rings. The summed E-state index contributed by atoms with van der Waals surface area (Å²) in [4.78, 5) is 36.1. The highest BCUT2D eigenvalue weighted by Gasteiger charge is 2.37. The van der Waals surface area contributed by atoms with Crippen LogP contribution in [0, 0.1) is 17.0 Å². The minimum atomic E-state index is -0.610. The summed E-state index contributed by atoms with van der Waals surface area (Å²) >= 11 is 5.99. The number of nitro benzene ring substituents is 1. The van der Waals surface area contributed by atoms with Gasteiger partial charge in [0, 0.05) is 6.07 Å². The van der Waals surface area contributed by atoms with Crippen molar-refractivity contribution >= 4 is 34.8 Å². The molecule has 0 N–H and O–H groups in total. The highest BCUT2D eigenvalue weighted by Crippen LogP contribution is 2.37. The van der Waals surface area contributed by atoms with Crippen molar-refractivity contribution in [1.29, 1.82) is 0 Å². The van der Waals surface area contributed by atoms with Gasteiger partial charge in [-0.2, -0.15) is 0 Å². The number of rotatable bonds is 2. The third-order valence-corrected chi connectivity index (χ3v) is 4.05. The minimum absolute atomic E-state index is 0.0842. The zero-order valence-corrected chi connectivity index (χ0v) is 12.1. The molecule has 0 fully saturated rings. The molecule has 1 heterocycles. The van der Waals surface area contributed by atoms with Crippen LogP contribution in [-0.2, 0) is 0 Å². The molecule has 0 saturated heterocycles. The predicted molar refractivity (Wildman–Crippen MR) is 80.4 cm³/mol. The van der Waals surface area contributed by atoms with Crippen LogP contribution in [0.2, 0.25) is 5.02 Å². The van der Waals surface area contributed by atoms with Crippen molar-refractivity contribution < 1.29 is 14.5 Å². The van der Waals surface area contributed by atoms with Crippen LogP contribution in [0.4, 0.5) is 11.4 Å². The number of fused-ring (bicyclic) bond motifs is 1. The molecule has 0 atom stereocenters. The van der Waals surface area contributed by atoms with Gasteiger partial charge in [0.2, 0.25) is 0 Å². The Bertz CT molecular complexity index is 812. The summed E-state index contributed by atoms with van der Waals surface area (Å²) in [6, 6.07) is 9.03. The van der Waals surface area contributed by atoms with Crippen LogP contribution >= 0.6 is 11.6 Å². The standard InChI is InChI=1S/C15H9ClN2O4/c1-8-11(6-7-12(13(8)16)18(21)22)17-14(19)9-4-2-3-5-10(9)15(17)20/h2-7H,1H3. The van der Waals surface area contributed by atoms with Crippen molar-refractivity contribution in [3.63, 3.8) is 0 Å². The maximum atomic E-state index is 12.4. The average molecular weight is 317 g/mol. The fraction of sp³-hybridized carbons (Fsp3) is 0.0667. The van der Waals surface area contributed by atoms with Gasteiger partial charge < -0.3 is 0 Å². The first kappa shape index (κ1) is 14.2. The van der Waals surface area contributed by atoms with Crippen LogP contribution in [0.15, 0.2) is 36.4 Å². The molecular formula is C15H9ClN2O4. The molecule has 6 nitrogen and oxygen atoms in total. The van der Waals surface area contributed by atoms with E-state index in [9.17, 15) is 19.7 Å². The van der Waals surface area contributed by atoms with Crippen LogP contribution in [0.5, 0.6) is 0 Å². The van der Waals surface area contributed by atoms with E-state index in [0.717, 1.165) is 4.90 Å². The van der Waals surface area contributed by atoms with Crippen LogP contribution in [0.25, 0.3) is 0 Å². The maximum Gasteiger partial charge on any atom is 0.288 e. The first-order chi connectivity index (χ1) is 10.4. The molecule has 22 heavy (non-hydrogen) atoms. The quantitative estimate of drug-likeness (QED) is 0.483. The Morgan fingerprint density at radius 3 is 2.09 bits per heavy atom.